The number of methoxy groups -OCH3 is 1. The molecule has 2 unspecified atom stereocenters. The van der Waals surface area contributed by atoms with Crippen molar-refractivity contribution in [3.63, 3.8) is 0 Å². The summed E-state index contributed by atoms with van der Waals surface area (Å²) in [5.41, 5.74) is 1.16. The lowest BCUT2D eigenvalue weighted by Crippen LogP contribution is -2.22. The minimum atomic E-state index is -0.139. The molecule has 0 saturated heterocycles. The molecule has 2 nitrogen and oxygen atoms in total. The van der Waals surface area contributed by atoms with Crippen LogP contribution in [0.5, 0.6) is 0 Å². The van der Waals surface area contributed by atoms with Crippen LogP contribution in [0.1, 0.15) is 27.2 Å². The van der Waals surface area contributed by atoms with Crippen LogP contribution in [-0.4, -0.2) is 25.1 Å². The maximum absolute atomic E-state index is 11.4. The lowest BCUT2D eigenvalue weighted by atomic mass is 9.81. The largest absolute Gasteiger partial charge is 0.469 e. The Kier molecular flexibility index (Phi) is 7.56. The van der Waals surface area contributed by atoms with Gasteiger partial charge in [0.05, 0.1) is 13.5 Å². The molecule has 0 aromatic heterocycles. The minimum Gasteiger partial charge on any atom is -0.469 e. The Morgan fingerprint density at radius 1 is 1.38 bits per heavy atom. The van der Waals surface area contributed by atoms with Crippen molar-refractivity contribution in [3.8, 4) is 0 Å². The smallest absolute Gasteiger partial charge is 0.306 e. The summed E-state index contributed by atoms with van der Waals surface area (Å²) in [5.74, 6) is 2.02. The monoisotopic (exact) mass is 244 g/mol. The number of esters is 1. The van der Waals surface area contributed by atoms with E-state index in [0.717, 1.165) is 11.3 Å². The van der Waals surface area contributed by atoms with Crippen molar-refractivity contribution in [1.82, 2.24) is 0 Å². The van der Waals surface area contributed by atoms with E-state index in [-0.39, 0.29) is 11.9 Å². The summed E-state index contributed by atoms with van der Waals surface area (Å²) in [5, 5.41) is 0. The first-order valence-electron chi connectivity index (χ1n) is 5.68. The lowest BCUT2D eigenvalue weighted by molar-refractivity contribution is -0.141. The van der Waals surface area contributed by atoms with Gasteiger partial charge < -0.3 is 4.74 Å². The number of ether oxygens (including phenoxy) is 1. The molecular weight excluding hydrogens is 220 g/mol. The molecule has 0 heterocycles. The Hall–Kier alpha value is -0.440. The van der Waals surface area contributed by atoms with Gasteiger partial charge in [-0.25, -0.2) is 0 Å². The highest BCUT2D eigenvalue weighted by atomic mass is 32.2. The summed E-state index contributed by atoms with van der Waals surface area (Å²) in [6.07, 6.45) is 2.54. The SMILES string of the molecule is C=C(C(C)C)C(CC(=O)OC)C(C)CSC. The molecule has 0 N–H and O–H groups in total. The van der Waals surface area contributed by atoms with Crippen molar-refractivity contribution in [1.29, 1.82) is 0 Å². The van der Waals surface area contributed by atoms with Gasteiger partial charge in [-0.1, -0.05) is 32.9 Å². The van der Waals surface area contributed by atoms with E-state index in [2.05, 4.69) is 33.6 Å². The molecule has 0 bridgehead atoms. The van der Waals surface area contributed by atoms with Gasteiger partial charge in [0.25, 0.3) is 0 Å². The number of carbonyl (C=O) groups is 1. The normalized spacial score (nSPS) is 14.6. The van der Waals surface area contributed by atoms with Crippen LogP contribution in [0, 0.1) is 17.8 Å². The van der Waals surface area contributed by atoms with Crippen molar-refractivity contribution in [2.75, 3.05) is 19.1 Å². The van der Waals surface area contributed by atoms with Gasteiger partial charge in [0.15, 0.2) is 0 Å². The van der Waals surface area contributed by atoms with Gasteiger partial charge in [-0.3, -0.25) is 4.79 Å². The van der Waals surface area contributed by atoms with Crippen LogP contribution < -0.4 is 0 Å². The maximum Gasteiger partial charge on any atom is 0.306 e. The van der Waals surface area contributed by atoms with Gasteiger partial charge in [-0.15, -0.1) is 0 Å². The van der Waals surface area contributed by atoms with Crippen molar-refractivity contribution in [2.24, 2.45) is 17.8 Å². The molecule has 94 valence electrons. The Morgan fingerprint density at radius 2 is 1.94 bits per heavy atom. The third-order valence-corrected chi connectivity index (χ3v) is 3.81. The molecule has 0 aromatic carbocycles. The maximum atomic E-state index is 11.4. The molecule has 16 heavy (non-hydrogen) atoms. The Balaban J connectivity index is 4.62. The lowest BCUT2D eigenvalue weighted by Gasteiger charge is -2.27. The predicted molar refractivity (Wildman–Crippen MR) is 71.6 cm³/mol. The fourth-order valence-electron chi connectivity index (χ4n) is 1.77. The molecule has 0 aliphatic rings. The summed E-state index contributed by atoms with van der Waals surface area (Å²) in [6, 6.07) is 0. The molecule has 0 aliphatic heterocycles. The molecule has 0 amide bonds. The molecule has 0 spiro atoms. The molecule has 0 rings (SSSR count). The Morgan fingerprint density at radius 3 is 2.31 bits per heavy atom. The van der Waals surface area contributed by atoms with Gasteiger partial charge in [-0.2, -0.15) is 11.8 Å². The first kappa shape index (κ1) is 15.6. The number of hydrogen-bond donors (Lipinski definition) is 0. The van der Waals surface area contributed by atoms with Crippen LogP contribution in [0.3, 0.4) is 0 Å². The highest BCUT2D eigenvalue weighted by molar-refractivity contribution is 7.98. The van der Waals surface area contributed by atoms with Gasteiger partial charge in [0, 0.05) is 0 Å². The molecule has 0 aliphatic carbocycles. The third-order valence-electron chi connectivity index (χ3n) is 2.95. The molecule has 0 radical (unpaired) electrons. The van der Waals surface area contributed by atoms with Crippen molar-refractivity contribution in [2.45, 2.75) is 27.2 Å². The van der Waals surface area contributed by atoms with E-state index in [4.69, 9.17) is 4.74 Å². The summed E-state index contributed by atoms with van der Waals surface area (Å²) >= 11 is 1.81. The average Bonchev–Trinajstić information content (AvgIpc) is 2.24. The van der Waals surface area contributed by atoms with Gasteiger partial charge in [-0.05, 0) is 29.8 Å². The fourth-order valence-corrected chi connectivity index (χ4v) is 2.53. The van der Waals surface area contributed by atoms with E-state index in [1.165, 1.54) is 7.11 Å². The molecule has 0 saturated carbocycles. The van der Waals surface area contributed by atoms with Gasteiger partial charge in [0.1, 0.15) is 0 Å². The van der Waals surface area contributed by atoms with Crippen molar-refractivity contribution < 1.29 is 9.53 Å². The number of carbonyl (C=O) groups excluding carboxylic acids is 1. The zero-order valence-electron chi connectivity index (χ0n) is 11.1. The summed E-state index contributed by atoms with van der Waals surface area (Å²) < 4.78 is 4.75. The molecule has 3 heteroatoms. The summed E-state index contributed by atoms with van der Waals surface area (Å²) in [7, 11) is 1.44. The second kappa shape index (κ2) is 7.77. The van der Waals surface area contributed by atoms with E-state index in [0.29, 0.717) is 18.3 Å². The zero-order valence-corrected chi connectivity index (χ0v) is 11.9. The quantitative estimate of drug-likeness (QED) is 0.507. The van der Waals surface area contributed by atoms with E-state index in [9.17, 15) is 4.79 Å². The van der Waals surface area contributed by atoms with Crippen molar-refractivity contribution >= 4 is 17.7 Å². The molecule has 0 aromatic rings. The topological polar surface area (TPSA) is 26.3 Å². The van der Waals surface area contributed by atoms with E-state index >= 15 is 0 Å². The highest BCUT2D eigenvalue weighted by Gasteiger charge is 2.24. The van der Waals surface area contributed by atoms with Crippen LogP contribution in [0.25, 0.3) is 0 Å². The summed E-state index contributed by atoms with van der Waals surface area (Å²) in [6.45, 7) is 10.6. The Labute approximate surface area is 104 Å². The number of rotatable bonds is 7. The van der Waals surface area contributed by atoms with E-state index in [1.54, 1.807) is 0 Å². The van der Waals surface area contributed by atoms with Crippen molar-refractivity contribution in [3.05, 3.63) is 12.2 Å². The zero-order chi connectivity index (χ0) is 12.7. The second-order valence-corrected chi connectivity index (χ2v) is 5.46. The van der Waals surface area contributed by atoms with Crippen LogP contribution in [0.15, 0.2) is 12.2 Å². The Bertz CT molecular complexity index is 236. The minimum absolute atomic E-state index is 0.139. The highest BCUT2D eigenvalue weighted by Crippen LogP contribution is 2.30. The summed E-state index contributed by atoms with van der Waals surface area (Å²) in [4.78, 5) is 11.4. The first-order chi connectivity index (χ1) is 7.43. The second-order valence-electron chi connectivity index (χ2n) is 4.55. The van der Waals surface area contributed by atoms with Crippen LogP contribution >= 0.6 is 11.8 Å². The predicted octanol–water partition coefficient (Wildman–Crippen LogP) is 3.38. The number of thioether (sulfide) groups is 1. The van der Waals surface area contributed by atoms with Crippen LogP contribution in [0.2, 0.25) is 0 Å². The van der Waals surface area contributed by atoms with Crippen LogP contribution in [0.4, 0.5) is 0 Å². The molecule has 2 atom stereocenters. The standard InChI is InChI=1S/C13H24O2S/c1-9(2)11(4)12(7-13(14)15-5)10(3)8-16-6/h9-10,12H,4,7-8H2,1-3,5-6H3. The van der Waals surface area contributed by atoms with Crippen LogP contribution in [-0.2, 0) is 9.53 Å². The fraction of sp³-hybridized carbons (Fsp3) is 0.769. The number of allylic oxidation sites excluding steroid dienone is 1. The average molecular weight is 244 g/mol. The van der Waals surface area contributed by atoms with Gasteiger partial charge >= 0.3 is 5.97 Å². The third kappa shape index (κ3) is 5.06. The molecular formula is C13H24O2S. The van der Waals surface area contributed by atoms with E-state index in [1.807, 2.05) is 11.8 Å². The van der Waals surface area contributed by atoms with Gasteiger partial charge in [0.2, 0.25) is 0 Å². The number of hydrogen-bond acceptors (Lipinski definition) is 3. The van der Waals surface area contributed by atoms with E-state index < -0.39 is 0 Å². The first-order valence-corrected chi connectivity index (χ1v) is 7.07. The molecule has 0 fully saturated rings.